The number of aromatic nitrogens is 4. The van der Waals surface area contributed by atoms with E-state index in [0.717, 1.165) is 16.0 Å². The van der Waals surface area contributed by atoms with Crippen LogP contribution in [0.5, 0.6) is 0 Å². The van der Waals surface area contributed by atoms with Gasteiger partial charge in [-0.1, -0.05) is 29.8 Å². The standard InChI is InChI=1S/C24H18ClF3N6O/c25-21-20(23(35)33-7-5-14(6-8-33)18-4-2-1-3-15(18)10-29)32-22-19(24(26,27)28)9-16(13-34(21)22)17-11-30-31-12-17/h1-4,9,11-14H,5-8H2,(H,30,31). The number of likely N-dealkylation sites (tertiary alicyclic amines) is 1. The van der Waals surface area contributed by atoms with E-state index in [4.69, 9.17) is 11.6 Å². The normalized spacial score (nSPS) is 14.9. The van der Waals surface area contributed by atoms with Crippen molar-refractivity contribution in [1.29, 1.82) is 5.26 Å². The smallest absolute Gasteiger partial charge is 0.337 e. The van der Waals surface area contributed by atoms with E-state index in [1.54, 1.807) is 17.0 Å². The highest BCUT2D eigenvalue weighted by Crippen LogP contribution is 2.37. The summed E-state index contributed by atoms with van der Waals surface area (Å²) < 4.78 is 42.7. The molecule has 178 valence electrons. The number of fused-ring (bicyclic) bond motifs is 1. The number of rotatable bonds is 3. The molecule has 0 aliphatic carbocycles. The number of halogens is 4. The van der Waals surface area contributed by atoms with Gasteiger partial charge in [0.25, 0.3) is 5.91 Å². The number of alkyl halides is 3. The monoisotopic (exact) mass is 498 g/mol. The van der Waals surface area contributed by atoms with Crippen molar-refractivity contribution >= 4 is 23.2 Å². The number of carbonyl (C=O) groups is 1. The van der Waals surface area contributed by atoms with Crippen molar-refractivity contribution in [2.75, 3.05) is 13.1 Å². The summed E-state index contributed by atoms with van der Waals surface area (Å²) in [5, 5.41) is 15.5. The molecule has 7 nitrogen and oxygen atoms in total. The molecule has 1 aromatic carbocycles. The number of pyridine rings is 1. The van der Waals surface area contributed by atoms with Gasteiger partial charge in [0, 0.05) is 36.6 Å². The average molecular weight is 499 g/mol. The zero-order valence-corrected chi connectivity index (χ0v) is 18.9. The van der Waals surface area contributed by atoms with Crippen molar-refractivity contribution in [2.45, 2.75) is 24.9 Å². The highest BCUT2D eigenvalue weighted by molar-refractivity contribution is 6.33. The van der Waals surface area contributed by atoms with Crippen LogP contribution < -0.4 is 0 Å². The molecule has 4 heterocycles. The molecular formula is C24H18ClF3N6O. The maximum absolute atomic E-state index is 13.9. The largest absolute Gasteiger partial charge is 0.420 e. The Hall–Kier alpha value is -3.84. The van der Waals surface area contributed by atoms with E-state index in [-0.39, 0.29) is 22.3 Å². The Kier molecular flexibility index (Phi) is 5.73. The topological polar surface area (TPSA) is 90.1 Å². The third-order valence-corrected chi connectivity index (χ3v) is 6.67. The van der Waals surface area contributed by atoms with Gasteiger partial charge in [-0.25, -0.2) is 4.98 Å². The van der Waals surface area contributed by atoms with Crippen LogP contribution in [0.2, 0.25) is 5.15 Å². The molecular weight excluding hydrogens is 481 g/mol. The fraction of sp³-hybridized carbons (Fsp3) is 0.250. The van der Waals surface area contributed by atoms with Crippen LogP contribution in [0.1, 0.15) is 45.9 Å². The minimum Gasteiger partial charge on any atom is -0.337 e. The SMILES string of the molecule is N#Cc1ccccc1C1CCN(C(=O)c2nc3c(C(F)(F)F)cc(-c4cn[nH]c4)cn3c2Cl)CC1. The summed E-state index contributed by atoms with van der Waals surface area (Å²) in [6.45, 7) is 0.750. The lowest BCUT2D eigenvalue weighted by molar-refractivity contribution is -0.136. The number of carbonyl (C=O) groups excluding carboxylic acids is 1. The second kappa shape index (κ2) is 8.74. The Morgan fingerprint density at radius 2 is 1.94 bits per heavy atom. The molecule has 1 N–H and O–H groups in total. The lowest BCUT2D eigenvalue weighted by atomic mass is 9.87. The highest BCUT2D eigenvalue weighted by atomic mass is 35.5. The molecule has 11 heteroatoms. The molecule has 1 saturated heterocycles. The van der Waals surface area contributed by atoms with Crippen molar-refractivity contribution in [3.63, 3.8) is 0 Å². The van der Waals surface area contributed by atoms with Crippen LogP contribution in [0.15, 0.2) is 48.9 Å². The number of piperidine rings is 1. The predicted molar refractivity (Wildman–Crippen MR) is 122 cm³/mol. The van der Waals surface area contributed by atoms with Gasteiger partial charge in [0.2, 0.25) is 0 Å². The lowest BCUT2D eigenvalue weighted by Crippen LogP contribution is -2.38. The predicted octanol–water partition coefficient (Wildman–Crippen LogP) is 5.29. The minimum atomic E-state index is -4.71. The summed E-state index contributed by atoms with van der Waals surface area (Å²) in [5.74, 6) is -0.413. The van der Waals surface area contributed by atoms with Crippen LogP contribution in [-0.2, 0) is 6.18 Å². The maximum atomic E-state index is 13.9. The first-order valence-electron chi connectivity index (χ1n) is 10.8. The molecule has 1 aliphatic heterocycles. The van der Waals surface area contributed by atoms with Crippen molar-refractivity contribution in [1.82, 2.24) is 24.5 Å². The quantitative estimate of drug-likeness (QED) is 0.415. The Bertz CT molecular complexity index is 1450. The Morgan fingerprint density at radius 1 is 1.20 bits per heavy atom. The Morgan fingerprint density at radius 3 is 2.60 bits per heavy atom. The van der Waals surface area contributed by atoms with Gasteiger partial charge >= 0.3 is 6.18 Å². The summed E-state index contributed by atoms with van der Waals surface area (Å²) in [6.07, 6.45) is 0.802. The van der Waals surface area contributed by atoms with E-state index in [0.29, 0.717) is 37.1 Å². The average Bonchev–Trinajstić information content (AvgIpc) is 3.51. The van der Waals surface area contributed by atoms with E-state index >= 15 is 0 Å². The van der Waals surface area contributed by atoms with Gasteiger partial charge in [0.05, 0.1) is 23.4 Å². The van der Waals surface area contributed by atoms with Gasteiger partial charge < -0.3 is 4.90 Å². The molecule has 3 aromatic heterocycles. The van der Waals surface area contributed by atoms with Crippen LogP contribution >= 0.6 is 11.6 Å². The van der Waals surface area contributed by atoms with Crippen LogP contribution in [0.4, 0.5) is 13.2 Å². The number of nitrogens with one attached hydrogen (secondary N) is 1. The van der Waals surface area contributed by atoms with Gasteiger partial charge in [-0.2, -0.15) is 23.5 Å². The summed E-state index contributed by atoms with van der Waals surface area (Å²) in [7, 11) is 0. The fourth-order valence-electron chi connectivity index (χ4n) is 4.53. The van der Waals surface area contributed by atoms with Crippen molar-refractivity contribution < 1.29 is 18.0 Å². The number of benzene rings is 1. The van der Waals surface area contributed by atoms with Crippen LogP contribution in [0.25, 0.3) is 16.8 Å². The second-order valence-corrected chi connectivity index (χ2v) is 8.70. The summed E-state index contributed by atoms with van der Waals surface area (Å²) in [4.78, 5) is 18.8. The first kappa shape index (κ1) is 22.9. The number of hydrogen-bond donors (Lipinski definition) is 1. The summed E-state index contributed by atoms with van der Waals surface area (Å²) in [5.41, 5.74) is 0.559. The molecule has 1 aliphatic rings. The zero-order chi connectivity index (χ0) is 24.7. The summed E-state index contributed by atoms with van der Waals surface area (Å²) >= 11 is 6.42. The number of nitrogens with zero attached hydrogens (tertiary/aromatic N) is 5. The molecule has 0 bridgehead atoms. The number of hydrogen-bond acceptors (Lipinski definition) is 4. The van der Waals surface area contributed by atoms with Crippen LogP contribution in [-0.4, -0.2) is 43.5 Å². The van der Waals surface area contributed by atoms with Crippen molar-refractivity contribution in [2.24, 2.45) is 0 Å². The van der Waals surface area contributed by atoms with E-state index in [1.165, 1.54) is 18.6 Å². The molecule has 0 spiro atoms. The number of aromatic amines is 1. The number of amides is 1. The maximum Gasteiger partial charge on any atom is 0.420 e. The molecule has 0 atom stereocenters. The first-order chi connectivity index (χ1) is 16.8. The fourth-order valence-corrected chi connectivity index (χ4v) is 4.78. The number of H-pyrrole nitrogens is 1. The molecule has 0 saturated carbocycles. The van der Waals surface area contributed by atoms with Gasteiger partial charge in [-0.15, -0.1) is 0 Å². The van der Waals surface area contributed by atoms with Crippen LogP contribution in [0.3, 0.4) is 0 Å². The zero-order valence-electron chi connectivity index (χ0n) is 18.2. The van der Waals surface area contributed by atoms with Crippen molar-refractivity contribution in [3.05, 3.63) is 76.5 Å². The summed E-state index contributed by atoms with van der Waals surface area (Å²) in [6, 6.07) is 10.5. The molecule has 0 unspecified atom stereocenters. The van der Waals surface area contributed by atoms with E-state index in [9.17, 15) is 23.2 Å². The molecule has 4 aromatic rings. The molecule has 0 radical (unpaired) electrons. The third kappa shape index (κ3) is 4.12. The van der Waals surface area contributed by atoms with E-state index < -0.39 is 23.3 Å². The first-order valence-corrected chi connectivity index (χ1v) is 11.2. The highest BCUT2D eigenvalue weighted by Gasteiger charge is 2.37. The van der Waals surface area contributed by atoms with Crippen molar-refractivity contribution in [3.8, 4) is 17.2 Å². The molecule has 1 fully saturated rings. The molecule has 1 amide bonds. The van der Waals surface area contributed by atoms with Gasteiger partial charge in [0.1, 0.15) is 5.15 Å². The van der Waals surface area contributed by atoms with E-state index in [1.807, 2.05) is 12.1 Å². The minimum absolute atomic E-state index is 0.112. The molecule has 5 rings (SSSR count). The number of imidazole rings is 1. The number of nitriles is 1. The van der Waals surface area contributed by atoms with Gasteiger partial charge in [-0.05, 0) is 36.5 Å². The second-order valence-electron chi connectivity index (χ2n) is 8.34. The Labute approximate surface area is 202 Å². The third-order valence-electron chi connectivity index (χ3n) is 6.30. The Balaban J connectivity index is 1.46. The van der Waals surface area contributed by atoms with E-state index in [2.05, 4.69) is 21.3 Å². The lowest BCUT2D eigenvalue weighted by Gasteiger charge is -2.32. The van der Waals surface area contributed by atoms with Gasteiger partial charge in [-0.3, -0.25) is 14.3 Å². The molecule has 35 heavy (non-hydrogen) atoms. The van der Waals surface area contributed by atoms with Crippen LogP contribution in [0, 0.1) is 11.3 Å². The van der Waals surface area contributed by atoms with Gasteiger partial charge in [0.15, 0.2) is 11.3 Å².